The quantitative estimate of drug-likeness (QED) is 0.591. The second-order valence-electron chi connectivity index (χ2n) is 5.28. The average Bonchev–Trinajstić information content (AvgIpc) is 3.21. The van der Waals surface area contributed by atoms with Crippen molar-refractivity contribution in [3.05, 3.63) is 33.9 Å². The lowest BCUT2D eigenvalue weighted by atomic mass is 10.1. The van der Waals surface area contributed by atoms with Crippen molar-refractivity contribution in [2.45, 2.75) is 38.6 Å². The highest BCUT2D eigenvalue weighted by Gasteiger charge is 2.26. The van der Waals surface area contributed by atoms with E-state index in [1.54, 1.807) is 0 Å². The van der Waals surface area contributed by atoms with Crippen LogP contribution in [0.5, 0.6) is 0 Å². The zero-order chi connectivity index (χ0) is 14.7. The number of nitrogens with two attached hydrogens (primary N) is 1. The second-order valence-corrected chi connectivity index (χ2v) is 5.28. The van der Waals surface area contributed by atoms with Gasteiger partial charge < -0.3 is 11.1 Å². The van der Waals surface area contributed by atoms with E-state index in [9.17, 15) is 14.9 Å². The third kappa shape index (κ3) is 3.46. The van der Waals surface area contributed by atoms with E-state index in [-0.39, 0.29) is 17.3 Å². The number of primary amides is 1. The lowest BCUT2D eigenvalue weighted by Gasteiger charge is -2.18. The Kier molecular flexibility index (Phi) is 4.22. The van der Waals surface area contributed by atoms with Gasteiger partial charge in [0.15, 0.2) is 0 Å². The van der Waals surface area contributed by atoms with Crippen LogP contribution in [0.3, 0.4) is 0 Å². The summed E-state index contributed by atoms with van der Waals surface area (Å²) in [6.07, 6.45) is 4.37. The molecule has 3 N–H and O–H groups in total. The lowest BCUT2D eigenvalue weighted by molar-refractivity contribution is -0.384. The molecule has 0 radical (unpaired) electrons. The molecule has 0 aromatic heterocycles. The number of carbonyl (C=O) groups is 1. The molecule has 1 amide bonds. The number of amides is 1. The molecule has 2 rings (SSSR count). The molecule has 6 nitrogen and oxygen atoms in total. The van der Waals surface area contributed by atoms with E-state index in [0.29, 0.717) is 5.69 Å². The van der Waals surface area contributed by atoms with Crippen LogP contribution in [0.15, 0.2) is 18.2 Å². The smallest absolute Gasteiger partial charge is 0.292 e. The maximum Gasteiger partial charge on any atom is 0.292 e. The Balaban J connectivity index is 2.23. The Morgan fingerprint density at radius 3 is 2.75 bits per heavy atom. The maximum atomic E-state index is 11.2. The zero-order valence-electron chi connectivity index (χ0n) is 11.5. The standard InChI is InChI=1S/C14H19N3O3/c1-2-11(7-9-3-4-9)16-12-8-10(14(15)18)5-6-13(12)17(19)20/h5-6,8-9,11,16H,2-4,7H2,1H3,(H2,15,18). The van der Waals surface area contributed by atoms with E-state index in [1.807, 2.05) is 6.92 Å². The number of nitro groups is 1. The molecule has 20 heavy (non-hydrogen) atoms. The first-order valence-electron chi connectivity index (χ1n) is 6.86. The molecule has 6 heteroatoms. The molecule has 1 aromatic rings. The number of rotatable bonds is 7. The van der Waals surface area contributed by atoms with Gasteiger partial charge in [0.1, 0.15) is 5.69 Å². The molecule has 0 spiro atoms. The monoisotopic (exact) mass is 277 g/mol. The van der Waals surface area contributed by atoms with Crippen molar-refractivity contribution in [2.75, 3.05) is 5.32 Å². The molecule has 1 saturated carbocycles. The summed E-state index contributed by atoms with van der Waals surface area (Å²) in [5, 5.41) is 14.3. The summed E-state index contributed by atoms with van der Waals surface area (Å²) in [7, 11) is 0. The van der Waals surface area contributed by atoms with Crippen LogP contribution in [0, 0.1) is 16.0 Å². The molecule has 1 unspecified atom stereocenters. The number of benzene rings is 1. The van der Waals surface area contributed by atoms with Gasteiger partial charge in [-0.2, -0.15) is 0 Å². The number of hydrogen-bond acceptors (Lipinski definition) is 4. The van der Waals surface area contributed by atoms with Gasteiger partial charge in [-0.05, 0) is 30.9 Å². The Hall–Kier alpha value is -2.11. The predicted molar refractivity (Wildman–Crippen MR) is 76.7 cm³/mol. The molecule has 1 fully saturated rings. The average molecular weight is 277 g/mol. The fourth-order valence-electron chi connectivity index (χ4n) is 2.27. The fourth-order valence-corrected chi connectivity index (χ4v) is 2.27. The molecule has 0 heterocycles. The van der Waals surface area contributed by atoms with Crippen molar-refractivity contribution < 1.29 is 9.72 Å². The largest absolute Gasteiger partial charge is 0.377 e. The topological polar surface area (TPSA) is 98.3 Å². The summed E-state index contributed by atoms with van der Waals surface area (Å²) in [5.74, 6) is 0.143. The van der Waals surface area contributed by atoms with Crippen LogP contribution >= 0.6 is 0 Å². The van der Waals surface area contributed by atoms with E-state index >= 15 is 0 Å². The van der Waals surface area contributed by atoms with Crippen LogP contribution in [0.25, 0.3) is 0 Å². The molecule has 0 saturated heterocycles. The Morgan fingerprint density at radius 1 is 1.55 bits per heavy atom. The Labute approximate surface area is 117 Å². The maximum absolute atomic E-state index is 11.2. The van der Waals surface area contributed by atoms with E-state index in [0.717, 1.165) is 18.8 Å². The SMILES string of the molecule is CCC(CC1CC1)Nc1cc(C(N)=O)ccc1[N+](=O)[O-]. The highest BCUT2D eigenvalue weighted by molar-refractivity contribution is 5.94. The molecule has 0 bridgehead atoms. The minimum absolute atomic E-state index is 0.0238. The van der Waals surface area contributed by atoms with Crippen molar-refractivity contribution in [1.29, 1.82) is 0 Å². The minimum atomic E-state index is -0.585. The number of nitrogens with one attached hydrogen (secondary N) is 1. The normalized spacial score (nSPS) is 15.7. The van der Waals surface area contributed by atoms with Gasteiger partial charge in [-0.15, -0.1) is 0 Å². The van der Waals surface area contributed by atoms with Gasteiger partial charge in [-0.3, -0.25) is 14.9 Å². The van der Waals surface area contributed by atoms with Crippen molar-refractivity contribution in [3.8, 4) is 0 Å². The van der Waals surface area contributed by atoms with Gasteiger partial charge >= 0.3 is 0 Å². The van der Waals surface area contributed by atoms with Crippen LogP contribution < -0.4 is 11.1 Å². The van der Waals surface area contributed by atoms with Gasteiger partial charge in [0.25, 0.3) is 5.69 Å². The van der Waals surface area contributed by atoms with Crippen molar-refractivity contribution in [2.24, 2.45) is 11.7 Å². The van der Waals surface area contributed by atoms with Gasteiger partial charge in [0.2, 0.25) is 5.91 Å². The number of hydrogen-bond donors (Lipinski definition) is 2. The molecule has 1 aliphatic carbocycles. The van der Waals surface area contributed by atoms with Gasteiger partial charge in [0, 0.05) is 17.7 Å². The molecule has 1 aromatic carbocycles. The summed E-state index contributed by atoms with van der Waals surface area (Å²) < 4.78 is 0. The van der Waals surface area contributed by atoms with Crippen molar-refractivity contribution in [3.63, 3.8) is 0 Å². The molecular formula is C14H19N3O3. The Bertz CT molecular complexity index is 526. The van der Waals surface area contributed by atoms with Gasteiger partial charge in [-0.1, -0.05) is 19.8 Å². The first kappa shape index (κ1) is 14.3. The van der Waals surface area contributed by atoms with Crippen LogP contribution in [-0.4, -0.2) is 16.9 Å². The Morgan fingerprint density at radius 2 is 2.25 bits per heavy atom. The van der Waals surface area contributed by atoms with E-state index < -0.39 is 10.8 Å². The molecule has 0 aliphatic heterocycles. The first-order chi connectivity index (χ1) is 9.51. The number of anilines is 1. The van der Waals surface area contributed by atoms with Crippen LogP contribution in [-0.2, 0) is 0 Å². The number of nitro benzene ring substituents is 1. The summed E-state index contributed by atoms with van der Waals surface area (Å²) in [5.41, 5.74) is 5.85. The van der Waals surface area contributed by atoms with Crippen molar-refractivity contribution in [1.82, 2.24) is 0 Å². The zero-order valence-corrected chi connectivity index (χ0v) is 11.5. The highest BCUT2D eigenvalue weighted by Crippen LogP contribution is 2.35. The number of nitrogens with zero attached hydrogens (tertiary/aromatic N) is 1. The van der Waals surface area contributed by atoms with Gasteiger partial charge in [0.05, 0.1) is 4.92 Å². The van der Waals surface area contributed by atoms with Crippen LogP contribution in [0.2, 0.25) is 0 Å². The summed E-state index contributed by atoms with van der Waals surface area (Å²) >= 11 is 0. The molecule has 108 valence electrons. The second kappa shape index (κ2) is 5.90. The summed E-state index contributed by atoms with van der Waals surface area (Å²) in [4.78, 5) is 21.8. The van der Waals surface area contributed by atoms with E-state index in [4.69, 9.17) is 5.73 Å². The third-order valence-electron chi connectivity index (χ3n) is 3.64. The highest BCUT2D eigenvalue weighted by atomic mass is 16.6. The van der Waals surface area contributed by atoms with Crippen LogP contribution in [0.4, 0.5) is 11.4 Å². The van der Waals surface area contributed by atoms with Crippen molar-refractivity contribution >= 4 is 17.3 Å². The lowest BCUT2D eigenvalue weighted by Crippen LogP contribution is -2.20. The molecule has 1 atom stereocenters. The third-order valence-corrected chi connectivity index (χ3v) is 3.64. The number of carbonyl (C=O) groups excluding carboxylic acids is 1. The van der Waals surface area contributed by atoms with Crippen LogP contribution in [0.1, 0.15) is 43.0 Å². The summed E-state index contributed by atoms with van der Waals surface area (Å²) in [6, 6.07) is 4.36. The first-order valence-corrected chi connectivity index (χ1v) is 6.86. The van der Waals surface area contributed by atoms with Gasteiger partial charge in [-0.25, -0.2) is 0 Å². The fraction of sp³-hybridized carbons (Fsp3) is 0.500. The molecule has 1 aliphatic rings. The van der Waals surface area contributed by atoms with E-state index in [2.05, 4.69) is 5.32 Å². The molecular weight excluding hydrogens is 258 g/mol. The summed E-state index contributed by atoms with van der Waals surface area (Å²) in [6.45, 7) is 2.05. The van der Waals surface area contributed by atoms with E-state index in [1.165, 1.54) is 31.0 Å². The predicted octanol–water partition coefficient (Wildman–Crippen LogP) is 2.68. The minimum Gasteiger partial charge on any atom is -0.377 e.